The average molecular weight is 444 g/mol. The van der Waals surface area contributed by atoms with E-state index < -0.39 is 0 Å². The molecule has 3 rings (SSSR count). The second-order valence-corrected chi connectivity index (χ2v) is 8.52. The van der Waals surface area contributed by atoms with Crippen LogP contribution in [0.2, 0.25) is 5.02 Å². The minimum atomic E-state index is -0.225. The number of ether oxygens (including phenoxy) is 1. The predicted octanol–water partition coefficient (Wildman–Crippen LogP) is 3.70. The van der Waals surface area contributed by atoms with E-state index in [0.29, 0.717) is 22.4 Å². The van der Waals surface area contributed by atoms with E-state index in [9.17, 15) is 9.59 Å². The Morgan fingerprint density at radius 2 is 1.84 bits per heavy atom. The van der Waals surface area contributed by atoms with E-state index in [1.165, 1.54) is 12.7 Å². The van der Waals surface area contributed by atoms with Crippen LogP contribution in [-0.4, -0.2) is 62.0 Å². The molecule has 2 aromatic rings. The van der Waals surface area contributed by atoms with Gasteiger partial charge in [-0.1, -0.05) is 41.9 Å². The number of halogens is 1. The lowest BCUT2D eigenvalue weighted by Gasteiger charge is -2.33. The van der Waals surface area contributed by atoms with Crippen LogP contribution in [0.15, 0.2) is 48.5 Å². The van der Waals surface area contributed by atoms with Crippen LogP contribution in [-0.2, 0) is 16.0 Å². The first-order valence-electron chi connectivity index (χ1n) is 10.6. The van der Waals surface area contributed by atoms with E-state index in [4.69, 9.17) is 16.3 Å². The quantitative estimate of drug-likeness (QED) is 0.675. The Kier molecular flexibility index (Phi) is 8.32. The standard InChI is InChI=1S/C24H30ClN3O3/c1-27(16-23(29)26-21-15-20(25)8-9-22(21)31-2)17-24(30)28-12-10-19(11-13-28)14-18-6-4-3-5-7-18/h3-9,15,19H,10-14,16-17H2,1-2H3,(H,26,29). The van der Waals surface area contributed by atoms with E-state index >= 15 is 0 Å². The van der Waals surface area contributed by atoms with Crippen molar-refractivity contribution in [3.63, 3.8) is 0 Å². The molecule has 1 heterocycles. The number of likely N-dealkylation sites (N-methyl/N-ethyl adjacent to an activating group) is 1. The number of hydrogen-bond acceptors (Lipinski definition) is 4. The van der Waals surface area contributed by atoms with Crippen LogP contribution in [0.5, 0.6) is 5.75 Å². The Balaban J connectivity index is 1.42. The summed E-state index contributed by atoms with van der Waals surface area (Å²) < 4.78 is 5.25. The van der Waals surface area contributed by atoms with Crippen LogP contribution in [0.25, 0.3) is 0 Å². The minimum Gasteiger partial charge on any atom is -0.495 e. The molecule has 0 radical (unpaired) electrons. The number of likely N-dealkylation sites (tertiary alicyclic amines) is 1. The van der Waals surface area contributed by atoms with Gasteiger partial charge in [0.05, 0.1) is 25.9 Å². The molecule has 1 N–H and O–H groups in total. The highest BCUT2D eigenvalue weighted by Gasteiger charge is 2.24. The summed E-state index contributed by atoms with van der Waals surface area (Å²) in [5, 5.41) is 3.31. The molecule has 0 aromatic heterocycles. The van der Waals surface area contributed by atoms with Crippen molar-refractivity contribution in [2.24, 2.45) is 5.92 Å². The molecule has 2 amide bonds. The maximum absolute atomic E-state index is 12.7. The van der Waals surface area contributed by atoms with Gasteiger partial charge in [-0.15, -0.1) is 0 Å². The fourth-order valence-corrected chi connectivity index (χ4v) is 4.11. The molecular formula is C24H30ClN3O3. The number of nitrogens with zero attached hydrogens (tertiary/aromatic N) is 2. The molecule has 0 aliphatic carbocycles. The molecule has 0 spiro atoms. The van der Waals surface area contributed by atoms with E-state index in [0.717, 1.165) is 32.4 Å². The van der Waals surface area contributed by atoms with Crippen molar-refractivity contribution in [3.05, 3.63) is 59.1 Å². The smallest absolute Gasteiger partial charge is 0.238 e. The zero-order valence-electron chi connectivity index (χ0n) is 18.1. The number of nitrogens with one attached hydrogen (secondary N) is 1. The number of hydrogen-bond donors (Lipinski definition) is 1. The Bertz CT molecular complexity index is 883. The lowest BCUT2D eigenvalue weighted by Crippen LogP contribution is -2.44. The van der Waals surface area contributed by atoms with Gasteiger partial charge in [0, 0.05) is 18.1 Å². The zero-order valence-corrected chi connectivity index (χ0v) is 18.9. The molecule has 7 heteroatoms. The summed E-state index contributed by atoms with van der Waals surface area (Å²) in [7, 11) is 3.31. The lowest BCUT2D eigenvalue weighted by molar-refractivity contribution is -0.133. The van der Waals surface area contributed by atoms with Crippen LogP contribution in [0.3, 0.4) is 0 Å². The van der Waals surface area contributed by atoms with Gasteiger partial charge in [0.1, 0.15) is 5.75 Å². The molecule has 0 unspecified atom stereocenters. The van der Waals surface area contributed by atoms with Crippen LogP contribution >= 0.6 is 11.6 Å². The SMILES string of the molecule is COc1ccc(Cl)cc1NC(=O)CN(C)CC(=O)N1CCC(Cc2ccccc2)CC1. The number of amides is 2. The summed E-state index contributed by atoms with van der Waals surface area (Å²) in [6.07, 6.45) is 3.09. The highest BCUT2D eigenvalue weighted by Crippen LogP contribution is 2.27. The third-order valence-electron chi connectivity index (χ3n) is 5.59. The average Bonchev–Trinajstić information content (AvgIpc) is 2.75. The largest absolute Gasteiger partial charge is 0.495 e. The normalized spacial score (nSPS) is 14.5. The summed E-state index contributed by atoms with van der Waals surface area (Å²) in [5.74, 6) is 0.990. The highest BCUT2D eigenvalue weighted by molar-refractivity contribution is 6.31. The Morgan fingerprint density at radius 3 is 2.52 bits per heavy atom. The van der Waals surface area contributed by atoms with Gasteiger partial charge in [-0.05, 0) is 56.0 Å². The van der Waals surface area contributed by atoms with Crippen LogP contribution < -0.4 is 10.1 Å². The monoisotopic (exact) mass is 443 g/mol. The molecular weight excluding hydrogens is 414 g/mol. The fourth-order valence-electron chi connectivity index (χ4n) is 3.93. The highest BCUT2D eigenvalue weighted by atomic mass is 35.5. The Labute approximate surface area is 189 Å². The molecule has 0 saturated carbocycles. The van der Waals surface area contributed by atoms with Gasteiger partial charge in [0.25, 0.3) is 0 Å². The summed E-state index contributed by atoms with van der Waals surface area (Å²) in [4.78, 5) is 28.7. The Hall–Kier alpha value is -2.57. The molecule has 1 fully saturated rings. The number of anilines is 1. The number of carbonyl (C=O) groups is 2. The molecule has 1 saturated heterocycles. The summed E-state index contributed by atoms with van der Waals surface area (Å²) in [5.41, 5.74) is 1.87. The van der Waals surface area contributed by atoms with Gasteiger partial charge in [-0.3, -0.25) is 14.5 Å². The molecule has 31 heavy (non-hydrogen) atoms. The van der Waals surface area contributed by atoms with E-state index in [1.54, 1.807) is 30.1 Å². The molecule has 6 nitrogen and oxygen atoms in total. The van der Waals surface area contributed by atoms with Crippen molar-refractivity contribution in [1.29, 1.82) is 0 Å². The fraction of sp³-hybridized carbons (Fsp3) is 0.417. The van der Waals surface area contributed by atoms with Gasteiger partial charge in [0.15, 0.2) is 0 Å². The maximum atomic E-state index is 12.7. The van der Waals surface area contributed by atoms with Crippen LogP contribution in [0, 0.1) is 5.92 Å². The summed E-state index contributed by atoms with van der Waals surface area (Å²) >= 11 is 6.01. The van der Waals surface area contributed by atoms with Gasteiger partial charge in [-0.25, -0.2) is 0 Å². The summed E-state index contributed by atoms with van der Waals surface area (Å²) in [6.45, 7) is 1.86. The number of piperidine rings is 1. The van der Waals surface area contributed by atoms with Gasteiger partial charge < -0.3 is 15.0 Å². The summed E-state index contributed by atoms with van der Waals surface area (Å²) in [6, 6.07) is 15.5. The Morgan fingerprint density at radius 1 is 1.13 bits per heavy atom. The molecule has 2 aromatic carbocycles. The topological polar surface area (TPSA) is 61.9 Å². The number of rotatable bonds is 8. The van der Waals surface area contributed by atoms with Crippen LogP contribution in [0.1, 0.15) is 18.4 Å². The molecule has 0 atom stereocenters. The minimum absolute atomic E-state index is 0.0637. The third kappa shape index (κ3) is 6.97. The first-order valence-corrected chi connectivity index (χ1v) is 11.0. The second kappa shape index (κ2) is 11.2. The number of methoxy groups -OCH3 is 1. The first-order chi connectivity index (χ1) is 14.9. The predicted molar refractivity (Wildman–Crippen MR) is 124 cm³/mol. The van der Waals surface area contributed by atoms with Gasteiger partial charge >= 0.3 is 0 Å². The van der Waals surface area contributed by atoms with Crippen molar-refractivity contribution in [3.8, 4) is 5.75 Å². The first kappa shape index (κ1) is 23.1. The van der Waals surface area contributed by atoms with E-state index in [1.807, 2.05) is 11.0 Å². The maximum Gasteiger partial charge on any atom is 0.238 e. The van der Waals surface area contributed by atoms with E-state index in [-0.39, 0.29) is 24.9 Å². The third-order valence-corrected chi connectivity index (χ3v) is 5.82. The van der Waals surface area contributed by atoms with Crippen molar-refractivity contribution in [2.75, 3.05) is 45.7 Å². The molecule has 0 bridgehead atoms. The second-order valence-electron chi connectivity index (χ2n) is 8.08. The van der Waals surface area contributed by atoms with Gasteiger partial charge in [-0.2, -0.15) is 0 Å². The lowest BCUT2D eigenvalue weighted by atomic mass is 9.90. The van der Waals surface area contributed by atoms with Crippen molar-refractivity contribution >= 4 is 29.1 Å². The molecule has 1 aliphatic rings. The van der Waals surface area contributed by atoms with Crippen LogP contribution in [0.4, 0.5) is 5.69 Å². The van der Waals surface area contributed by atoms with Gasteiger partial charge in [0.2, 0.25) is 11.8 Å². The number of benzene rings is 2. The molecule has 166 valence electrons. The number of carbonyl (C=O) groups excluding carboxylic acids is 2. The van der Waals surface area contributed by atoms with Crippen molar-refractivity contribution in [2.45, 2.75) is 19.3 Å². The zero-order chi connectivity index (χ0) is 22.2. The molecule has 1 aliphatic heterocycles. The van der Waals surface area contributed by atoms with E-state index in [2.05, 4.69) is 29.6 Å². The van der Waals surface area contributed by atoms with Crippen molar-refractivity contribution < 1.29 is 14.3 Å². The van der Waals surface area contributed by atoms with Crippen molar-refractivity contribution in [1.82, 2.24) is 9.80 Å².